The number of allylic oxidation sites excluding steroid dienone is 1. The third-order valence-corrected chi connectivity index (χ3v) is 7.58. The van der Waals surface area contributed by atoms with Gasteiger partial charge in [0.2, 0.25) is 5.91 Å². The summed E-state index contributed by atoms with van der Waals surface area (Å²) < 4.78 is 2.03. The van der Waals surface area contributed by atoms with E-state index in [0.29, 0.717) is 23.6 Å². The van der Waals surface area contributed by atoms with E-state index in [1.165, 1.54) is 28.6 Å². The highest BCUT2D eigenvalue weighted by Crippen LogP contribution is 2.42. The Morgan fingerprint density at radius 2 is 2.20 bits per heavy atom. The summed E-state index contributed by atoms with van der Waals surface area (Å²) in [5, 5.41) is 11.6. The SMILES string of the molecule is C=CCn1c(SCCC(=O)NC(N)=O)nnc1-c1cc2c(s1)CCC(C(C)(C)C)C2. The fourth-order valence-electron chi connectivity index (χ4n) is 3.68. The number of nitrogens with two attached hydrogens (primary N) is 1. The lowest BCUT2D eigenvalue weighted by atomic mass is 9.72. The minimum Gasteiger partial charge on any atom is -0.351 e. The van der Waals surface area contributed by atoms with Gasteiger partial charge in [-0.2, -0.15) is 0 Å². The third kappa shape index (κ3) is 5.31. The molecule has 0 spiro atoms. The maximum atomic E-state index is 11.6. The van der Waals surface area contributed by atoms with Gasteiger partial charge in [-0.25, -0.2) is 4.79 Å². The van der Waals surface area contributed by atoms with Crippen molar-refractivity contribution in [2.24, 2.45) is 17.1 Å². The standard InChI is InChI=1S/C21H29N5O2S2/c1-5-9-26-18(24-25-20(26)29-10-8-17(27)23-19(22)28)16-12-13-11-14(21(2,3)4)6-7-15(13)30-16/h5,12,14H,1,6-11H2,2-4H3,(H3,22,23,27,28). The van der Waals surface area contributed by atoms with Crippen molar-refractivity contribution in [3.63, 3.8) is 0 Å². The zero-order chi connectivity index (χ0) is 21.9. The molecule has 0 saturated heterocycles. The molecule has 3 N–H and O–H groups in total. The van der Waals surface area contributed by atoms with E-state index in [1.807, 2.05) is 22.0 Å². The summed E-state index contributed by atoms with van der Waals surface area (Å²) in [4.78, 5) is 24.9. The highest BCUT2D eigenvalue weighted by atomic mass is 32.2. The quantitative estimate of drug-likeness (QED) is 0.493. The van der Waals surface area contributed by atoms with Crippen LogP contribution < -0.4 is 11.1 Å². The number of thioether (sulfide) groups is 1. The predicted octanol–water partition coefficient (Wildman–Crippen LogP) is 4.02. The number of rotatable bonds is 7. The van der Waals surface area contributed by atoms with Gasteiger partial charge in [0, 0.05) is 23.6 Å². The van der Waals surface area contributed by atoms with Gasteiger partial charge in [0.1, 0.15) is 0 Å². The van der Waals surface area contributed by atoms with Crippen LogP contribution >= 0.6 is 23.1 Å². The van der Waals surface area contributed by atoms with Crippen molar-refractivity contribution >= 4 is 35.0 Å². The first-order chi connectivity index (χ1) is 14.2. The first-order valence-electron chi connectivity index (χ1n) is 10.1. The second-order valence-corrected chi connectivity index (χ2v) is 10.8. The van der Waals surface area contributed by atoms with E-state index in [4.69, 9.17) is 5.73 Å². The summed E-state index contributed by atoms with van der Waals surface area (Å²) in [5.41, 5.74) is 6.72. The molecule has 2 aromatic rings. The zero-order valence-electron chi connectivity index (χ0n) is 17.7. The molecule has 0 aliphatic heterocycles. The van der Waals surface area contributed by atoms with E-state index in [2.05, 4.69) is 48.9 Å². The summed E-state index contributed by atoms with van der Waals surface area (Å²) in [7, 11) is 0. The molecular formula is C21H29N5O2S2. The van der Waals surface area contributed by atoms with E-state index in [0.717, 1.165) is 28.7 Å². The average Bonchev–Trinajstić information content (AvgIpc) is 3.24. The molecule has 2 heterocycles. The van der Waals surface area contributed by atoms with Crippen LogP contribution in [0.3, 0.4) is 0 Å². The van der Waals surface area contributed by atoms with Crippen molar-refractivity contribution < 1.29 is 9.59 Å². The van der Waals surface area contributed by atoms with Crippen LogP contribution in [0.5, 0.6) is 0 Å². The largest absolute Gasteiger partial charge is 0.351 e. The first-order valence-corrected chi connectivity index (χ1v) is 11.9. The van der Waals surface area contributed by atoms with Crippen molar-refractivity contribution in [2.75, 3.05) is 5.75 Å². The molecule has 1 aliphatic carbocycles. The Bertz CT molecular complexity index is 942. The maximum absolute atomic E-state index is 11.6. The van der Waals surface area contributed by atoms with Crippen LogP contribution in [-0.2, 0) is 24.2 Å². The minimum atomic E-state index is -0.836. The van der Waals surface area contributed by atoms with Gasteiger partial charge in [-0.1, -0.05) is 38.6 Å². The molecular weight excluding hydrogens is 418 g/mol. The topological polar surface area (TPSA) is 103 Å². The fraction of sp³-hybridized carbons (Fsp3) is 0.524. The number of nitrogens with one attached hydrogen (secondary N) is 1. The molecule has 9 heteroatoms. The Kier molecular flexibility index (Phi) is 7.02. The summed E-state index contributed by atoms with van der Waals surface area (Å²) in [6, 6.07) is 1.44. The Balaban J connectivity index is 1.76. The molecule has 0 fully saturated rings. The molecule has 0 aromatic carbocycles. The lowest BCUT2D eigenvalue weighted by molar-refractivity contribution is -0.119. The number of thiophene rings is 1. The van der Waals surface area contributed by atoms with Crippen LogP contribution in [0.2, 0.25) is 0 Å². The van der Waals surface area contributed by atoms with Crippen molar-refractivity contribution in [2.45, 2.75) is 58.2 Å². The first kappa shape index (κ1) is 22.6. The second-order valence-electron chi connectivity index (χ2n) is 8.58. The molecule has 1 unspecified atom stereocenters. The highest BCUT2D eigenvalue weighted by molar-refractivity contribution is 7.99. The number of carbonyl (C=O) groups excluding carboxylic acids is 2. The number of nitrogens with zero attached hydrogens (tertiary/aromatic N) is 3. The number of urea groups is 1. The van der Waals surface area contributed by atoms with Crippen LogP contribution in [-0.4, -0.2) is 32.5 Å². The smallest absolute Gasteiger partial charge is 0.318 e. The van der Waals surface area contributed by atoms with Gasteiger partial charge in [-0.05, 0) is 42.2 Å². The summed E-state index contributed by atoms with van der Waals surface area (Å²) in [6.45, 7) is 11.4. The molecule has 0 bridgehead atoms. The molecule has 1 aliphatic rings. The third-order valence-electron chi connectivity index (χ3n) is 5.38. The Hall–Kier alpha value is -2.13. The average molecular weight is 448 g/mol. The lowest BCUT2D eigenvalue weighted by Crippen LogP contribution is -2.35. The zero-order valence-corrected chi connectivity index (χ0v) is 19.4. The number of carbonyl (C=O) groups is 2. The van der Waals surface area contributed by atoms with Crippen LogP contribution in [0.25, 0.3) is 10.7 Å². The highest BCUT2D eigenvalue weighted by Gasteiger charge is 2.30. The molecule has 7 nitrogen and oxygen atoms in total. The van der Waals surface area contributed by atoms with Crippen LogP contribution in [0.1, 0.15) is 44.1 Å². The molecule has 0 radical (unpaired) electrons. The van der Waals surface area contributed by atoms with Gasteiger partial charge in [0.05, 0.1) is 4.88 Å². The summed E-state index contributed by atoms with van der Waals surface area (Å²) >= 11 is 3.24. The van der Waals surface area contributed by atoms with Gasteiger partial charge >= 0.3 is 6.03 Å². The summed E-state index contributed by atoms with van der Waals surface area (Å²) in [5.74, 6) is 1.61. The molecule has 3 amide bonds. The number of amides is 3. The number of imide groups is 1. The molecule has 3 rings (SSSR count). The van der Waals surface area contributed by atoms with Gasteiger partial charge in [0.25, 0.3) is 0 Å². The van der Waals surface area contributed by atoms with Crippen molar-refractivity contribution in [1.82, 2.24) is 20.1 Å². The van der Waals surface area contributed by atoms with Crippen molar-refractivity contribution in [1.29, 1.82) is 0 Å². The van der Waals surface area contributed by atoms with E-state index in [-0.39, 0.29) is 6.42 Å². The predicted molar refractivity (Wildman–Crippen MR) is 122 cm³/mol. The molecule has 1 atom stereocenters. The fourth-order valence-corrected chi connectivity index (χ4v) is 5.77. The van der Waals surface area contributed by atoms with E-state index in [9.17, 15) is 9.59 Å². The van der Waals surface area contributed by atoms with Gasteiger partial charge in [-0.15, -0.1) is 28.1 Å². The van der Waals surface area contributed by atoms with Gasteiger partial charge in [0.15, 0.2) is 11.0 Å². The van der Waals surface area contributed by atoms with Crippen molar-refractivity contribution in [3.05, 3.63) is 29.2 Å². The lowest BCUT2D eigenvalue weighted by Gasteiger charge is -2.33. The number of primary amides is 1. The molecule has 30 heavy (non-hydrogen) atoms. The minimum absolute atomic E-state index is 0.172. The summed E-state index contributed by atoms with van der Waals surface area (Å²) in [6.07, 6.45) is 5.45. The van der Waals surface area contributed by atoms with Crippen LogP contribution in [0.15, 0.2) is 23.9 Å². The Morgan fingerprint density at radius 3 is 2.87 bits per heavy atom. The van der Waals surface area contributed by atoms with E-state index in [1.54, 1.807) is 0 Å². The van der Waals surface area contributed by atoms with Gasteiger partial charge < -0.3 is 5.73 Å². The molecule has 0 saturated carbocycles. The molecule has 162 valence electrons. The van der Waals surface area contributed by atoms with E-state index >= 15 is 0 Å². The van der Waals surface area contributed by atoms with E-state index < -0.39 is 11.9 Å². The monoisotopic (exact) mass is 447 g/mol. The number of aromatic nitrogens is 3. The van der Waals surface area contributed by atoms with Crippen LogP contribution in [0, 0.1) is 11.3 Å². The molecule has 2 aromatic heterocycles. The van der Waals surface area contributed by atoms with Crippen molar-refractivity contribution in [3.8, 4) is 10.7 Å². The maximum Gasteiger partial charge on any atom is 0.318 e. The number of hydrogen-bond donors (Lipinski definition) is 2. The number of fused-ring (bicyclic) bond motifs is 1. The van der Waals surface area contributed by atoms with Crippen LogP contribution in [0.4, 0.5) is 4.79 Å². The second kappa shape index (κ2) is 9.34. The Morgan fingerprint density at radius 1 is 1.43 bits per heavy atom. The normalized spacial score (nSPS) is 16.2. The number of hydrogen-bond acceptors (Lipinski definition) is 6. The number of aryl methyl sites for hydroxylation is 1. The van der Waals surface area contributed by atoms with Gasteiger partial charge in [-0.3, -0.25) is 14.7 Å². The Labute approximate surface area is 185 Å².